The average molecular weight is 191 g/mol. The first-order valence-corrected chi connectivity index (χ1v) is 4.74. The number of pyridine rings is 1. The zero-order valence-electron chi connectivity index (χ0n) is 7.86. The number of nitrogens with zero attached hydrogens (tertiary/aromatic N) is 1. The van der Waals surface area contributed by atoms with Crippen molar-refractivity contribution in [2.24, 2.45) is 5.73 Å². The van der Waals surface area contributed by atoms with E-state index in [1.54, 1.807) is 18.3 Å². The molecule has 0 aliphatic carbocycles. The number of primary amides is 1. The zero-order chi connectivity index (χ0) is 9.97. The van der Waals surface area contributed by atoms with E-state index >= 15 is 0 Å². The highest BCUT2D eigenvalue weighted by atomic mass is 16.1. The number of nitrogens with one attached hydrogen (secondary N) is 1. The fraction of sp³-hybridized carbons (Fsp3) is 0.400. The van der Waals surface area contributed by atoms with Crippen LogP contribution in [0.15, 0.2) is 18.3 Å². The molecule has 1 aliphatic heterocycles. The molecule has 2 heterocycles. The van der Waals surface area contributed by atoms with Crippen molar-refractivity contribution in [3.63, 3.8) is 0 Å². The van der Waals surface area contributed by atoms with E-state index in [0.29, 0.717) is 11.5 Å². The van der Waals surface area contributed by atoms with E-state index in [1.165, 1.54) is 0 Å². The third-order valence-corrected chi connectivity index (χ3v) is 2.55. The molecular weight excluding hydrogens is 178 g/mol. The second kappa shape index (κ2) is 3.75. The highest BCUT2D eigenvalue weighted by Crippen LogP contribution is 2.22. The van der Waals surface area contributed by atoms with Gasteiger partial charge in [0.25, 0.3) is 5.91 Å². The molecule has 1 aliphatic rings. The Bertz CT molecular complexity index is 345. The summed E-state index contributed by atoms with van der Waals surface area (Å²) in [5.41, 5.74) is 6.68. The molecule has 0 saturated carbocycles. The maximum Gasteiger partial charge on any atom is 0.250 e. The molecular formula is C10H13N3O. The van der Waals surface area contributed by atoms with Gasteiger partial charge in [-0.1, -0.05) is 0 Å². The van der Waals surface area contributed by atoms with Gasteiger partial charge in [0.05, 0.1) is 11.3 Å². The quantitative estimate of drug-likeness (QED) is 0.704. The lowest BCUT2D eigenvalue weighted by Gasteiger charge is -2.10. The minimum Gasteiger partial charge on any atom is -0.366 e. The van der Waals surface area contributed by atoms with Crippen molar-refractivity contribution in [1.29, 1.82) is 0 Å². The van der Waals surface area contributed by atoms with Crippen LogP contribution in [0.25, 0.3) is 0 Å². The summed E-state index contributed by atoms with van der Waals surface area (Å²) < 4.78 is 0. The largest absolute Gasteiger partial charge is 0.366 e. The third kappa shape index (κ3) is 1.61. The fourth-order valence-corrected chi connectivity index (χ4v) is 1.84. The number of carbonyl (C=O) groups is 1. The number of carbonyl (C=O) groups excluding carboxylic acids is 1. The summed E-state index contributed by atoms with van der Waals surface area (Å²) in [6.45, 7) is 1.87. The minimum absolute atomic E-state index is 0.332. The van der Waals surface area contributed by atoms with E-state index in [-0.39, 0.29) is 5.91 Å². The van der Waals surface area contributed by atoms with E-state index in [0.717, 1.165) is 25.2 Å². The lowest BCUT2D eigenvalue weighted by Crippen LogP contribution is -2.18. The molecule has 4 heteroatoms. The Hall–Kier alpha value is -1.42. The van der Waals surface area contributed by atoms with Gasteiger partial charge in [0, 0.05) is 18.7 Å². The van der Waals surface area contributed by atoms with Gasteiger partial charge < -0.3 is 11.1 Å². The van der Waals surface area contributed by atoms with Gasteiger partial charge in [-0.3, -0.25) is 9.78 Å². The Kier molecular flexibility index (Phi) is 2.45. The van der Waals surface area contributed by atoms with Gasteiger partial charge >= 0.3 is 0 Å². The lowest BCUT2D eigenvalue weighted by molar-refractivity contribution is 0.0998. The van der Waals surface area contributed by atoms with Crippen LogP contribution in [0, 0.1) is 0 Å². The molecule has 1 amide bonds. The predicted molar refractivity (Wildman–Crippen MR) is 53.0 cm³/mol. The SMILES string of the molecule is NC(=O)c1cccnc1[C@H]1CCNC1. The second-order valence-corrected chi connectivity index (χ2v) is 3.49. The molecule has 1 aromatic heterocycles. The first-order valence-electron chi connectivity index (χ1n) is 4.74. The summed E-state index contributed by atoms with van der Waals surface area (Å²) >= 11 is 0. The van der Waals surface area contributed by atoms with Crippen molar-refractivity contribution >= 4 is 5.91 Å². The molecule has 1 atom stereocenters. The molecule has 2 rings (SSSR count). The number of amides is 1. The molecule has 0 unspecified atom stereocenters. The molecule has 0 radical (unpaired) electrons. The first kappa shape index (κ1) is 9.15. The molecule has 3 N–H and O–H groups in total. The minimum atomic E-state index is -0.389. The maximum atomic E-state index is 11.1. The zero-order valence-corrected chi connectivity index (χ0v) is 7.86. The third-order valence-electron chi connectivity index (χ3n) is 2.55. The van der Waals surface area contributed by atoms with Gasteiger partial charge in [-0.25, -0.2) is 0 Å². The second-order valence-electron chi connectivity index (χ2n) is 3.49. The van der Waals surface area contributed by atoms with Crippen LogP contribution in [-0.2, 0) is 0 Å². The highest BCUT2D eigenvalue weighted by Gasteiger charge is 2.22. The van der Waals surface area contributed by atoms with E-state index in [9.17, 15) is 4.79 Å². The molecule has 0 aromatic carbocycles. The van der Waals surface area contributed by atoms with Crippen molar-refractivity contribution in [3.05, 3.63) is 29.6 Å². The smallest absolute Gasteiger partial charge is 0.250 e. The van der Waals surface area contributed by atoms with Crippen LogP contribution in [0.5, 0.6) is 0 Å². The standard InChI is InChI=1S/C10H13N3O/c11-10(14)8-2-1-4-13-9(8)7-3-5-12-6-7/h1-2,4,7,12H,3,5-6H2,(H2,11,14)/t7-/m0/s1. The summed E-state index contributed by atoms with van der Waals surface area (Å²) in [5.74, 6) is -0.0568. The summed E-state index contributed by atoms with van der Waals surface area (Å²) in [5, 5.41) is 3.24. The van der Waals surface area contributed by atoms with Gasteiger partial charge in [-0.15, -0.1) is 0 Å². The molecule has 1 fully saturated rings. The average Bonchev–Trinajstić information content (AvgIpc) is 2.70. The Balaban J connectivity index is 2.35. The topological polar surface area (TPSA) is 68.0 Å². The molecule has 4 nitrogen and oxygen atoms in total. The Labute approximate surface area is 82.5 Å². The van der Waals surface area contributed by atoms with Crippen LogP contribution in [0.1, 0.15) is 28.4 Å². The van der Waals surface area contributed by atoms with Crippen LogP contribution in [0.4, 0.5) is 0 Å². The number of aromatic nitrogens is 1. The van der Waals surface area contributed by atoms with Crippen molar-refractivity contribution in [1.82, 2.24) is 10.3 Å². The Morgan fingerprint density at radius 2 is 2.50 bits per heavy atom. The number of rotatable bonds is 2. The summed E-state index contributed by atoms with van der Waals surface area (Å²) in [4.78, 5) is 15.4. The van der Waals surface area contributed by atoms with Gasteiger partial charge in [-0.2, -0.15) is 0 Å². The highest BCUT2D eigenvalue weighted by molar-refractivity contribution is 5.94. The van der Waals surface area contributed by atoms with Crippen molar-refractivity contribution in [2.75, 3.05) is 13.1 Å². The number of hydrogen-bond acceptors (Lipinski definition) is 3. The van der Waals surface area contributed by atoms with Gasteiger partial charge in [0.2, 0.25) is 0 Å². The molecule has 1 aromatic rings. The fourth-order valence-electron chi connectivity index (χ4n) is 1.84. The van der Waals surface area contributed by atoms with Crippen molar-refractivity contribution < 1.29 is 4.79 Å². The monoisotopic (exact) mass is 191 g/mol. The van der Waals surface area contributed by atoms with Crippen LogP contribution in [0.2, 0.25) is 0 Å². The van der Waals surface area contributed by atoms with Gasteiger partial charge in [0.1, 0.15) is 0 Å². The van der Waals surface area contributed by atoms with Crippen LogP contribution < -0.4 is 11.1 Å². The van der Waals surface area contributed by atoms with Crippen molar-refractivity contribution in [2.45, 2.75) is 12.3 Å². The van der Waals surface area contributed by atoms with E-state index in [2.05, 4.69) is 10.3 Å². The van der Waals surface area contributed by atoms with E-state index in [1.807, 2.05) is 0 Å². The number of nitrogens with two attached hydrogens (primary N) is 1. The predicted octanol–water partition coefficient (Wildman–Crippen LogP) is 0.257. The maximum absolute atomic E-state index is 11.1. The van der Waals surface area contributed by atoms with Gasteiger partial charge in [0.15, 0.2) is 0 Å². The summed E-state index contributed by atoms with van der Waals surface area (Å²) in [7, 11) is 0. The molecule has 0 spiro atoms. The Morgan fingerprint density at radius 1 is 1.64 bits per heavy atom. The van der Waals surface area contributed by atoms with Crippen LogP contribution >= 0.6 is 0 Å². The lowest BCUT2D eigenvalue weighted by atomic mass is 9.99. The molecule has 14 heavy (non-hydrogen) atoms. The van der Waals surface area contributed by atoms with E-state index < -0.39 is 0 Å². The first-order chi connectivity index (χ1) is 6.79. The van der Waals surface area contributed by atoms with E-state index in [4.69, 9.17) is 5.73 Å². The Morgan fingerprint density at radius 3 is 3.14 bits per heavy atom. The molecule has 74 valence electrons. The van der Waals surface area contributed by atoms with Crippen molar-refractivity contribution in [3.8, 4) is 0 Å². The normalized spacial score (nSPS) is 21.0. The van der Waals surface area contributed by atoms with Crippen LogP contribution in [0.3, 0.4) is 0 Å². The molecule has 0 bridgehead atoms. The van der Waals surface area contributed by atoms with Crippen LogP contribution in [-0.4, -0.2) is 24.0 Å². The molecule has 1 saturated heterocycles. The van der Waals surface area contributed by atoms with Gasteiger partial charge in [-0.05, 0) is 25.1 Å². The number of hydrogen-bond donors (Lipinski definition) is 2. The summed E-state index contributed by atoms with van der Waals surface area (Å²) in [6, 6.07) is 3.48. The summed E-state index contributed by atoms with van der Waals surface area (Å²) in [6.07, 6.45) is 2.73.